The van der Waals surface area contributed by atoms with Gasteiger partial charge in [0.25, 0.3) is 5.91 Å². The van der Waals surface area contributed by atoms with Gasteiger partial charge in [-0.15, -0.1) is 0 Å². The number of benzene rings is 1. The van der Waals surface area contributed by atoms with E-state index >= 15 is 0 Å². The molecule has 1 saturated heterocycles. The first-order valence-electron chi connectivity index (χ1n) is 10.3. The Kier molecular flexibility index (Phi) is 5.56. The molecule has 0 N–H and O–H groups in total. The van der Waals surface area contributed by atoms with E-state index in [1.54, 1.807) is 20.1 Å². The fraction of sp³-hybridized carbons (Fsp3) is 0.500. The van der Waals surface area contributed by atoms with Crippen LogP contribution in [0, 0.1) is 0 Å². The number of aromatic nitrogens is 2. The topological polar surface area (TPSA) is 73.7 Å². The summed E-state index contributed by atoms with van der Waals surface area (Å²) in [6.07, 6.45) is 3.92. The lowest BCUT2D eigenvalue weighted by atomic mass is 10.0. The third-order valence-corrected chi connectivity index (χ3v) is 5.66. The van der Waals surface area contributed by atoms with E-state index in [0.29, 0.717) is 42.6 Å². The summed E-state index contributed by atoms with van der Waals surface area (Å²) >= 11 is 0. The van der Waals surface area contributed by atoms with Crippen LogP contribution in [0.4, 0.5) is 0 Å². The minimum Gasteiger partial charge on any atom is -0.497 e. The summed E-state index contributed by atoms with van der Waals surface area (Å²) in [6.45, 7) is 3.47. The van der Waals surface area contributed by atoms with Crippen LogP contribution in [0.2, 0.25) is 0 Å². The van der Waals surface area contributed by atoms with Gasteiger partial charge in [0.2, 0.25) is 0 Å². The van der Waals surface area contributed by atoms with Gasteiger partial charge in [0.05, 0.1) is 19.8 Å². The monoisotopic (exact) mass is 397 g/mol. The molecule has 1 aliphatic heterocycles. The van der Waals surface area contributed by atoms with Gasteiger partial charge in [-0.3, -0.25) is 9.48 Å². The van der Waals surface area contributed by atoms with Crippen molar-refractivity contribution < 1.29 is 19.1 Å². The zero-order valence-corrected chi connectivity index (χ0v) is 17.0. The lowest BCUT2D eigenvalue weighted by molar-refractivity contribution is 0.0517. The van der Waals surface area contributed by atoms with Crippen molar-refractivity contribution in [1.82, 2.24) is 14.7 Å². The maximum Gasteiger partial charge on any atom is 0.358 e. The van der Waals surface area contributed by atoms with E-state index in [1.807, 2.05) is 33.8 Å². The molecule has 2 aliphatic rings. The van der Waals surface area contributed by atoms with Crippen molar-refractivity contribution in [2.45, 2.75) is 44.6 Å². The van der Waals surface area contributed by atoms with Crippen molar-refractivity contribution in [3.8, 4) is 5.75 Å². The Morgan fingerprint density at radius 1 is 1.14 bits per heavy atom. The van der Waals surface area contributed by atoms with Crippen molar-refractivity contribution in [3.63, 3.8) is 0 Å². The summed E-state index contributed by atoms with van der Waals surface area (Å²) < 4.78 is 12.4. The van der Waals surface area contributed by atoms with E-state index < -0.39 is 0 Å². The van der Waals surface area contributed by atoms with Crippen LogP contribution in [0.25, 0.3) is 0 Å². The first-order valence-corrected chi connectivity index (χ1v) is 10.3. The highest BCUT2D eigenvalue weighted by atomic mass is 16.5. The van der Waals surface area contributed by atoms with Crippen LogP contribution in [0.1, 0.15) is 71.1 Å². The first-order chi connectivity index (χ1) is 14.1. The van der Waals surface area contributed by atoms with Crippen LogP contribution < -0.4 is 4.74 Å². The fourth-order valence-corrected chi connectivity index (χ4v) is 3.94. The Bertz CT molecular complexity index is 895. The molecule has 2 heterocycles. The minimum atomic E-state index is -0.362. The molecular weight excluding hydrogens is 370 g/mol. The molecule has 1 saturated carbocycles. The molecule has 0 unspecified atom stereocenters. The van der Waals surface area contributed by atoms with E-state index in [0.717, 1.165) is 31.4 Å². The number of methoxy groups -OCH3 is 1. The van der Waals surface area contributed by atoms with Gasteiger partial charge in [0.1, 0.15) is 5.75 Å². The number of hydrogen-bond donors (Lipinski definition) is 0. The van der Waals surface area contributed by atoms with E-state index in [1.165, 1.54) is 0 Å². The van der Waals surface area contributed by atoms with E-state index in [4.69, 9.17) is 9.47 Å². The molecule has 1 aliphatic carbocycles. The number of ether oxygens (including phenoxy) is 2. The second-order valence-electron chi connectivity index (χ2n) is 7.65. The molecule has 29 heavy (non-hydrogen) atoms. The molecule has 154 valence electrons. The Morgan fingerprint density at radius 2 is 1.90 bits per heavy atom. The Labute approximate surface area is 170 Å². The predicted molar refractivity (Wildman–Crippen MR) is 107 cm³/mol. The molecule has 2 aromatic rings. The molecule has 1 aromatic carbocycles. The molecule has 7 heteroatoms. The zero-order valence-electron chi connectivity index (χ0n) is 17.0. The lowest BCUT2D eigenvalue weighted by Gasteiger charge is -2.33. The van der Waals surface area contributed by atoms with E-state index in [2.05, 4.69) is 5.10 Å². The minimum absolute atomic E-state index is 0.0254. The summed E-state index contributed by atoms with van der Waals surface area (Å²) in [5.41, 5.74) is 2.17. The van der Waals surface area contributed by atoms with Gasteiger partial charge in [-0.2, -0.15) is 5.10 Å². The number of hydrogen-bond acceptors (Lipinski definition) is 5. The summed E-state index contributed by atoms with van der Waals surface area (Å²) in [7, 11) is 1.60. The molecule has 2 fully saturated rings. The number of amides is 1. The quantitative estimate of drug-likeness (QED) is 0.699. The number of carbonyl (C=O) groups is 2. The third kappa shape index (κ3) is 4.13. The van der Waals surface area contributed by atoms with Crippen LogP contribution in [0.3, 0.4) is 0 Å². The number of piperidine rings is 1. The second-order valence-corrected chi connectivity index (χ2v) is 7.65. The van der Waals surface area contributed by atoms with Crippen molar-refractivity contribution in [1.29, 1.82) is 0 Å². The van der Waals surface area contributed by atoms with E-state index in [9.17, 15) is 9.59 Å². The van der Waals surface area contributed by atoms with Crippen molar-refractivity contribution in [2.75, 3.05) is 26.8 Å². The normalized spacial score (nSPS) is 17.2. The molecule has 4 rings (SSSR count). The fourth-order valence-electron chi connectivity index (χ4n) is 3.94. The highest BCUT2D eigenvalue weighted by Gasteiger charge is 2.33. The molecule has 0 radical (unpaired) electrons. The van der Waals surface area contributed by atoms with Gasteiger partial charge < -0.3 is 14.4 Å². The summed E-state index contributed by atoms with van der Waals surface area (Å²) in [6, 6.07) is 9.36. The largest absolute Gasteiger partial charge is 0.497 e. The maximum absolute atomic E-state index is 12.8. The molecule has 7 nitrogen and oxygen atoms in total. The number of carbonyl (C=O) groups excluding carboxylic acids is 2. The van der Waals surface area contributed by atoms with Crippen molar-refractivity contribution in [2.24, 2.45) is 0 Å². The Balaban J connectivity index is 1.45. The number of rotatable bonds is 6. The van der Waals surface area contributed by atoms with Crippen LogP contribution in [-0.4, -0.2) is 53.4 Å². The van der Waals surface area contributed by atoms with Gasteiger partial charge in [-0.25, -0.2) is 4.79 Å². The number of esters is 1. The van der Waals surface area contributed by atoms with Gasteiger partial charge in [-0.1, -0.05) is 6.07 Å². The maximum atomic E-state index is 12.8. The first kappa shape index (κ1) is 19.5. The summed E-state index contributed by atoms with van der Waals surface area (Å²) in [5.74, 6) is 0.834. The molecule has 0 atom stereocenters. The average molecular weight is 397 g/mol. The van der Waals surface area contributed by atoms with E-state index in [-0.39, 0.29) is 17.9 Å². The second kappa shape index (κ2) is 8.27. The average Bonchev–Trinajstić information content (AvgIpc) is 3.51. The highest BCUT2D eigenvalue weighted by Crippen LogP contribution is 2.42. The lowest BCUT2D eigenvalue weighted by Crippen LogP contribution is -2.39. The van der Waals surface area contributed by atoms with Crippen molar-refractivity contribution in [3.05, 3.63) is 47.3 Å². The number of nitrogens with zero attached hydrogens (tertiary/aromatic N) is 3. The molecule has 1 amide bonds. The number of likely N-dealkylation sites (tertiary alicyclic amines) is 1. The van der Waals surface area contributed by atoms with Gasteiger partial charge in [0, 0.05) is 30.3 Å². The van der Waals surface area contributed by atoms with Crippen molar-refractivity contribution >= 4 is 11.9 Å². The predicted octanol–water partition coefficient (Wildman–Crippen LogP) is 3.42. The summed E-state index contributed by atoms with van der Waals surface area (Å²) in [5, 5.41) is 4.59. The third-order valence-electron chi connectivity index (χ3n) is 5.66. The van der Waals surface area contributed by atoms with Crippen LogP contribution in [-0.2, 0) is 4.74 Å². The van der Waals surface area contributed by atoms with Gasteiger partial charge in [-0.05, 0) is 56.9 Å². The summed E-state index contributed by atoms with van der Waals surface area (Å²) in [4.78, 5) is 26.9. The zero-order chi connectivity index (χ0) is 20.4. The standard InChI is InChI=1S/C22H27N3O4/c1-3-29-22(27)19-14-20(15-7-8-15)25(23-19)17-9-11-24(12-10-17)21(26)16-5-4-6-18(13-16)28-2/h4-6,13-15,17H,3,7-12H2,1-2H3. The van der Waals surface area contributed by atoms with Gasteiger partial charge >= 0.3 is 5.97 Å². The molecule has 0 bridgehead atoms. The Hall–Kier alpha value is -2.83. The smallest absolute Gasteiger partial charge is 0.358 e. The van der Waals surface area contributed by atoms with Gasteiger partial charge in [0.15, 0.2) is 5.69 Å². The van der Waals surface area contributed by atoms with Crippen LogP contribution in [0.5, 0.6) is 5.75 Å². The Morgan fingerprint density at radius 3 is 2.55 bits per heavy atom. The molecular formula is C22H27N3O4. The van der Waals surface area contributed by atoms with Crippen LogP contribution >= 0.6 is 0 Å². The highest BCUT2D eigenvalue weighted by molar-refractivity contribution is 5.94. The SMILES string of the molecule is CCOC(=O)c1cc(C2CC2)n(C2CCN(C(=O)c3cccc(OC)c3)CC2)n1. The van der Waals surface area contributed by atoms with Crippen LogP contribution in [0.15, 0.2) is 30.3 Å². The molecule has 1 aromatic heterocycles. The molecule has 0 spiro atoms.